The van der Waals surface area contributed by atoms with Gasteiger partial charge in [-0.15, -0.1) is 0 Å². The number of aromatic nitrogens is 2. The van der Waals surface area contributed by atoms with Crippen LogP contribution in [0.25, 0.3) is 11.1 Å². The maximum absolute atomic E-state index is 10.7. The van der Waals surface area contributed by atoms with Crippen LogP contribution in [0, 0.1) is 3.70 Å². The Hall–Kier alpha value is -1.37. The minimum Gasteiger partial charge on any atom is -0.478 e. The van der Waals surface area contributed by atoms with Crippen LogP contribution in [0.1, 0.15) is 10.4 Å². The molecule has 1 aromatic carbocycles. The maximum Gasteiger partial charge on any atom is 0.335 e. The molecule has 2 rings (SSSR count). The fraction of sp³-hybridized carbons (Fsp3) is 0.0909. The van der Waals surface area contributed by atoms with Crippen LogP contribution in [0.2, 0.25) is 0 Å². The minimum atomic E-state index is -0.910. The number of aromatic carboxylic acids is 1. The Labute approximate surface area is 106 Å². The number of carboxylic acid groups (broad SMARTS) is 1. The van der Waals surface area contributed by atoms with E-state index in [1.54, 1.807) is 35.1 Å². The van der Waals surface area contributed by atoms with Crippen LogP contribution < -0.4 is 0 Å². The van der Waals surface area contributed by atoms with Crippen LogP contribution in [0.4, 0.5) is 0 Å². The Morgan fingerprint density at radius 2 is 2.00 bits per heavy atom. The van der Waals surface area contributed by atoms with Gasteiger partial charge in [-0.25, -0.2) is 4.79 Å². The Kier molecular flexibility index (Phi) is 2.95. The van der Waals surface area contributed by atoms with Gasteiger partial charge in [0.25, 0.3) is 0 Å². The Balaban J connectivity index is 2.42. The first kappa shape index (κ1) is 11.1. The number of aryl methyl sites for hydroxylation is 1. The van der Waals surface area contributed by atoms with E-state index < -0.39 is 5.97 Å². The van der Waals surface area contributed by atoms with Gasteiger partial charge in [-0.1, -0.05) is 12.1 Å². The van der Waals surface area contributed by atoms with Crippen molar-refractivity contribution in [2.24, 2.45) is 7.05 Å². The van der Waals surface area contributed by atoms with Crippen LogP contribution in [0.15, 0.2) is 30.5 Å². The summed E-state index contributed by atoms with van der Waals surface area (Å²) in [6.07, 6.45) is 1.78. The van der Waals surface area contributed by atoms with E-state index >= 15 is 0 Å². The molecule has 0 unspecified atom stereocenters. The van der Waals surface area contributed by atoms with Crippen molar-refractivity contribution >= 4 is 28.6 Å². The molecule has 0 saturated carbocycles. The molecule has 0 amide bonds. The molecule has 0 fully saturated rings. The van der Waals surface area contributed by atoms with E-state index in [2.05, 4.69) is 27.7 Å². The summed E-state index contributed by atoms with van der Waals surface area (Å²) in [4.78, 5) is 10.7. The third-order valence-corrected chi connectivity index (χ3v) is 3.59. The van der Waals surface area contributed by atoms with E-state index in [0.29, 0.717) is 5.56 Å². The summed E-state index contributed by atoms with van der Waals surface area (Å²) in [5.74, 6) is -0.910. The molecule has 4 nitrogen and oxygen atoms in total. The molecule has 0 atom stereocenters. The zero-order valence-electron chi connectivity index (χ0n) is 8.51. The number of nitrogens with zero attached hydrogens (tertiary/aromatic N) is 2. The summed E-state index contributed by atoms with van der Waals surface area (Å²) < 4.78 is 2.81. The molecule has 0 saturated heterocycles. The molecule has 1 heterocycles. The summed E-state index contributed by atoms with van der Waals surface area (Å²) in [5, 5.41) is 12.9. The second-order valence-corrected chi connectivity index (χ2v) is 4.38. The first-order chi connectivity index (χ1) is 7.59. The highest BCUT2D eigenvalue weighted by atomic mass is 127. The summed E-state index contributed by atoms with van der Waals surface area (Å²) in [5.41, 5.74) is 2.28. The fourth-order valence-corrected chi connectivity index (χ4v) is 1.98. The predicted octanol–water partition coefficient (Wildman–Crippen LogP) is 2.39. The second kappa shape index (κ2) is 4.25. The van der Waals surface area contributed by atoms with E-state index in [-0.39, 0.29) is 0 Å². The summed E-state index contributed by atoms with van der Waals surface area (Å²) in [7, 11) is 1.87. The molecule has 0 spiro atoms. The van der Waals surface area contributed by atoms with Gasteiger partial charge in [-0.3, -0.25) is 4.68 Å². The van der Waals surface area contributed by atoms with Crippen LogP contribution in [-0.2, 0) is 7.05 Å². The van der Waals surface area contributed by atoms with Crippen LogP contribution in [-0.4, -0.2) is 20.9 Å². The monoisotopic (exact) mass is 328 g/mol. The molecule has 0 aliphatic heterocycles. The highest BCUT2D eigenvalue weighted by Crippen LogP contribution is 2.24. The molecule has 1 N–H and O–H groups in total. The van der Waals surface area contributed by atoms with Crippen molar-refractivity contribution in [1.82, 2.24) is 9.78 Å². The minimum absolute atomic E-state index is 0.294. The van der Waals surface area contributed by atoms with Crippen molar-refractivity contribution in [2.45, 2.75) is 0 Å². The molecule has 2 aromatic rings. The van der Waals surface area contributed by atoms with Gasteiger partial charge in [0.2, 0.25) is 0 Å². The first-order valence-electron chi connectivity index (χ1n) is 4.61. The molecule has 82 valence electrons. The van der Waals surface area contributed by atoms with Gasteiger partial charge >= 0.3 is 5.97 Å². The summed E-state index contributed by atoms with van der Waals surface area (Å²) >= 11 is 2.21. The maximum atomic E-state index is 10.7. The lowest BCUT2D eigenvalue weighted by molar-refractivity contribution is 0.0697. The van der Waals surface area contributed by atoms with Gasteiger partial charge in [0, 0.05) is 12.6 Å². The highest BCUT2D eigenvalue weighted by molar-refractivity contribution is 14.1. The van der Waals surface area contributed by atoms with E-state index in [4.69, 9.17) is 5.11 Å². The quantitative estimate of drug-likeness (QED) is 0.862. The van der Waals surface area contributed by atoms with E-state index in [9.17, 15) is 4.79 Å². The first-order valence-corrected chi connectivity index (χ1v) is 5.68. The average molecular weight is 328 g/mol. The SMILES string of the molecule is Cn1ncc(-c2ccc(C(=O)O)cc2)c1I. The molecule has 0 aliphatic rings. The third-order valence-electron chi connectivity index (χ3n) is 2.31. The average Bonchev–Trinajstić information content (AvgIpc) is 2.60. The number of carbonyl (C=O) groups is 1. The van der Waals surface area contributed by atoms with Crippen molar-refractivity contribution < 1.29 is 9.90 Å². The molecular weight excluding hydrogens is 319 g/mol. The Morgan fingerprint density at radius 1 is 1.38 bits per heavy atom. The van der Waals surface area contributed by atoms with Crippen molar-refractivity contribution in [3.05, 3.63) is 39.7 Å². The van der Waals surface area contributed by atoms with Crippen LogP contribution >= 0.6 is 22.6 Å². The van der Waals surface area contributed by atoms with Crippen LogP contribution in [0.3, 0.4) is 0 Å². The number of hydrogen-bond acceptors (Lipinski definition) is 2. The third kappa shape index (κ3) is 1.95. The number of benzene rings is 1. The van der Waals surface area contributed by atoms with Crippen molar-refractivity contribution in [1.29, 1.82) is 0 Å². The smallest absolute Gasteiger partial charge is 0.335 e. The Morgan fingerprint density at radius 3 is 2.44 bits per heavy atom. The van der Waals surface area contributed by atoms with E-state index in [1.165, 1.54) is 0 Å². The van der Waals surface area contributed by atoms with E-state index in [0.717, 1.165) is 14.8 Å². The predicted molar refractivity (Wildman–Crippen MR) is 68.3 cm³/mol. The number of halogens is 1. The molecule has 0 aliphatic carbocycles. The van der Waals surface area contributed by atoms with Gasteiger partial charge in [0.05, 0.1) is 11.8 Å². The van der Waals surface area contributed by atoms with Gasteiger partial charge in [-0.2, -0.15) is 5.10 Å². The van der Waals surface area contributed by atoms with Gasteiger partial charge in [0.1, 0.15) is 3.70 Å². The second-order valence-electron chi connectivity index (χ2n) is 3.36. The number of carboxylic acids is 1. The molecule has 0 radical (unpaired) electrons. The Bertz CT molecular complexity index is 531. The lowest BCUT2D eigenvalue weighted by Crippen LogP contribution is -1.95. The number of hydrogen-bond donors (Lipinski definition) is 1. The number of rotatable bonds is 2. The lowest BCUT2D eigenvalue weighted by atomic mass is 10.1. The topological polar surface area (TPSA) is 55.1 Å². The highest BCUT2D eigenvalue weighted by Gasteiger charge is 2.08. The van der Waals surface area contributed by atoms with Gasteiger partial charge < -0.3 is 5.11 Å². The van der Waals surface area contributed by atoms with Crippen molar-refractivity contribution in [3.8, 4) is 11.1 Å². The largest absolute Gasteiger partial charge is 0.478 e. The standard InChI is InChI=1S/C11H9IN2O2/c1-14-10(12)9(6-13-14)7-2-4-8(5-3-7)11(15)16/h2-6H,1H3,(H,15,16). The van der Waals surface area contributed by atoms with Gasteiger partial charge in [0.15, 0.2) is 0 Å². The van der Waals surface area contributed by atoms with Crippen LogP contribution in [0.5, 0.6) is 0 Å². The molecule has 16 heavy (non-hydrogen) atoms. The lowest BCUT2D eigenvalue weighted by Gasteiger charge is -2.00. The summed E-state index contributed by atoms with van der Waals surface area (Å²) in [6, 6.07) is 6.78. The van der Waals surface area contributed by atoms with Crippen molar-refractivity contribution in [3.63, 3.8) is 0 Å². The zero-order valence-corrected chi connectivity index (χ0v) is 10.7. The summed E-state index contributed by atoms with van der Waals surface area (Å²) in [6.45, 7) is 0. The van der Waals surface area contributed by atoms with Crippen molar-refractivity contribution in [2.75, 3.05) is 0 Å². The van der Waals surface area contributed by atoms with E-state index in [1.807, 2.05) is 7.05 Å². The molecule has 1 aromatic heterocycles. The molecule has 5 heteroatoms. The molecular formula is C11H9IN2O2. The fourth-order valence-electron chi connectivity index (χ4n) is 1.41. The normalized spacial score (nSPS) is 10.4. The van der Waals surface area contributed by atoms with Gasteiger partial charge in [-0.05, 0) is 40.3 Å². The molecule has 0 bridgehead atoms. The zero-order chi connectivity index (χ0) is 11.7.